The van der Waals surface area contributed by atoms with Crippen LogP contribution in [0.25, 0.3) is 0 Å². The molecule has 0 saturated heterocycles. The monoisotopic (exact) mass is 344 g/mol. The Morgan fingerprint density at radius 2 is 1.68 bits per heavy atom. The second kappa shape index (κ2) is 6.71. The second-order valence-electron chi connectivity index (χ2n) is 8.99. The third-order valence-corrected chi connectivity index (χ3v) is 6.60. The predicted octanol–water partition coefficient (Wildman–Crippen LogP) is 3.59. The number of carbonyl (C=O) groups is 1. The summed E-state index contributed by atoms with van der Waals surface area (Å²) in [6.07, 6.45) is 8.29. The normalized spacial score (nSPS) is 33.0. The van der Waals surface area contributed by atoms with E-state index in [1.54, 1.807) is 12.1 Å². The average Bonchev–Trinajstić information content (AvgIpc) is 2.54. The van der Waals surface area contributed by atoms with Gasteiger partial charge >= 0.3 is 0 Å². The van der Waals surface area contributed by atoms with E-state index >= 15 is 0 Å². The average molecular weight is 344 g/mol. The molecule has 0 aromatic heterocycles. The smallest absolute Gasteiger partial charge is 0.234 e. The Kier molecular flexibility index (Phi) is 4.57. The highest BCUT2D eigenvalue weighted by molar-refractivity contribution is 5.78. The minimum atomic E-state index is -0.222. The Bertz CT molecular complexity index is 592. The van der Waals surface area contributed by atoms with Crippen LogP contribution in [0.3, 0.4) is 0 Å². The van der Waals surface area contributed by atoms with Gasteiger partial charge in [-0.05, 0) is 86.4 Å². The van der Waals surface area contributed by atoms with Crippen molar-refractivity contribution >= 4 is 5.91 Å². The Labute approximate surface area is 150 Å². The van der Waals surface area contributed by atoms with Crippen LogP contribution >= 0.6 is 0 Å². The van der Waals surface area contributed by atoms with Gasteiger partial charge in [0, 0.05) is 13.1 Å². The summed E-state index contributed by atoms with van der Waals surface area (Å²) in [5.41, 5.74) is 1.41. The number of nitrogens with zero attached hydrogens (tertiary/aromatic N) is 1. The summed E-state index contributed by atoms with van der Waals surface area (Å²) < 4.78 is 13.0. The molecule has 5 rings (SSSR count). The number of halogens is 1. The number of likely N-dealkylation sites (N-methyl/N-ethyl adjacent to an activating group) is 1. The molecule has 4 saturated carbocycles. The van der Waals surface area contributed by atoms with E-state index in [0.717, 1.165) is 29.9 Å². The Hall–Kier alpha value is -1.42. The van der Waals surface area contributed by atoms with Gasteiger partial charge in [0.2, 0.25) is 5.91 Å². The zero-order chi connectivity index (χ0) is 17.4. The Morgan fingerprint density at radius 3 is 2.24 bits per heavy atom. The molecule has 0 spiro atoms. The number of carbonyl (C=O) groups excluding carboxylic acids is 1. The molecule has 4 aliphatic carbocycles. The molecule has 0 heterocycles. The van der Waals surface area contributed by atoms with Crippen molar-refractivity contribution in [3.05, 3.63) is 35.6 Å². The van der Waals surface area contributed by atoms with E-state index in [9.17, 15) is 9.18 Å². The maximum absolute atomic E-state index is 13.0. The van der Waals surface area contributed by atoms with E-state index in [4.69, 9.17) is 0 Å². The molecule has 1 N–H and O–H groups in total. The van der Waals surface area contributed by atoms with Crippen molar-refractivity contribution in [3.63, 3.8) is 0 Å². The summed E-state index contributed by atoms with van der Waals surface area (Å²) in [7, 11) is 1.94. The van der Waals surface area contributed by atoms with Crippen molar-refractivity contribution in [1.82, 2.24) is 10.2 Å². The highest BCUT2D eigenvalue weighted by Gasteiger charge is 2.50. The van der Waals surface area contributed by atoms with Crippen LogP contribution in [0.2, 0.25) is 0 Å². The van der Waals surface area contributed by atoms with Gasteiger partial charge in [-0.25, -0.2) is 4.39 Å². The molecule has 0 atom stereocenters. The molecule has 25 heavy (non-hydrogen) atoms. The summed E-state index contributed by atoms with van der Waals surface area (Å²) in [4.78, 5) is 14.4. The largest absolute Gasteiger partial charge is 0.354 e. The molecule has 0 aliphatic heterocycles. The molecule has 0 unspecified atom stereocenters. The fourth-order valence-corrected chi connectivity index (χ4v) is 6.05. The van der Waals surface area contributed by atoms with Crippen LogP contribution in [0, 0.1) is 29.0 Å². The first-order valence-corrected chi connectivity index (χ1v) is 9.69. The third-order valence-electron chi connectivity index (χ3n) is 6.60. The number of hydrogen-bond donors (Lipinski definition) is 1. The summed E-state index contributed by atoms with van der Waals surface area (Å²) in [6, 6.07) is 6.49. The maximum Gasteiger partial charge on any atom is 0.234 e. The van der Waals surface area contributed by atoms with Crippen molar-refractivity contribution in [2.24, 2.45) is 23.2 Å². The molecule has 4 heteroatoms. The van der Waals surface area contributed by atoms with Crippen LogP contribution in [-0.4, -0.2) is 30.9 Å². The lowest BCUT2D eigenvalue weighted by molar-refractivity contribution is -0.124. The van der Waals surface area contributed by atoms with Gasteiger partial charge in [0.15, 0.2) is 0 Å². The van der Waals surface area contributed by atoms with E-state index in [1.807, 2.05) is 11.9 Å². The zero-order valence-electron chi connectivity index (χ0n) is 15.1. The standard InChI is InChI=1S/C21H29FN2O/c1-24(12-15-2-4-19(22)5-3-15)13-20(25)23-14-21-9-16-6-17(10-21)8-18(7-16)11-21/h2-5,16-18H,6-14H2,1H3,(H,23,25). The second-order valence-corrected chi connectivity index (χ2v) is 8.99. The fourth-order valence-electron chi connectivity index (χ4n) is 6.05. The molecule has 0 radical (unpaired) electrons. The van der Waals surface area contributed by atoms with Gasteiger partial charge < -0.3 is 5.32 Å². The maximum atomic E-state index is 13.0. The van der Waals surface area contributed by atoms with Gasteiger partial charge in [0.1, 0.15) is 5.82 Å². The molecule has 3 nitrogen and oxygen atoms in total. The van der Waals surface area contributed by atoms with Gasteiger partial charge in [-0.15, -0.1) is 0 Å². The number of amides is 1. The first-order valence-electron chi connectivity index (χ1n) is 9.69. The lowest BCUT2D eigenvalue weighted by atomic mass is 9.49. The molecule has 4 aliphatic rings. The van der Waals surface area contributed by atoms with Crippen molar-refractivity contribution in [3.8, 4) is 0 Å². The predicted molar refractivity (Wildman–Crippen MR) is 96.3 cm³/mol. The summed E-state index contributed by atoms with van der Waals surface area (Å²) in [5.74, 6) is 2.65. The number of rotatable bonds is 6. The van der Waals surface area contributed by atoms with Gasteiger partial charge in [-0.2, -0.15) is 0 Å². The topological polar surface area (TPSA) is 32.3 Å². The number of benzene rings is 1. The molecule has 4 bridgehead atoms. The summed E-state index contributed by atoms with van der Waals surface area (Å²) in [6.45, 7) is 1.91. The minimum absolute atomic E-state index is 0.111. The van der Waals surface area contributed by atoms with Gasteiger partial charge in [-0.3, -0.25) is 9.69 Å². The molecular weight excluding hydrogens is 315 g/mol. The molecule has 1 amide bonds. The van der Waals surface area contributed by atoms with E-state index in [2.05, 4.69) is 5.32 Å². The quantitative estimate of drug-likeness (QED) is 0.855. The van der Waals surface area contributed by atoms with E-state index in [-0.39, 0.29) is 11.7 Å². The van der Waals surface area contributed by atoms with Crippen LogP contribution < -0.4 is 5.32 Å². The van der Waals surface area contributed by atoms with Crippen LogP contribution in [0.4, 0.5) is 4.39 Å². The van der Waals surface area contributed by atoms with Crippen molar-refractivity contribution in [2.75, 3.05) is 20.1 Å². The van der Waals surface area contributed by atoms with Gasteiger partial charge in [0.25, 0.3) is 0 Å². The Balaban J connectivity index is 1.26. The van der Waals surface area contributed by atoms with Gasteiger partial charge in [-0.1, -0.05) is 12.1 Å². The fraction of sp³-hybridized carbons (Fsp3) is 0.667. The minimum Gasteiger partial charge on any atom is -0.354 e. The van der Waals surface area contributed by atoms with Crippen LogP contribution in [-0.2, 0) is 11.3 Å². The van der Waals surface area contributed by atoms with Crippen LogP contribution in [0.1, 0.15) is 44.1 Å². The number of hydrogen-bond acceptors (Lipinski definition) is 2. The van der Waals surface area contributed by atoms with E-state index < -0.39 is 0 Å². The lowest BCUT2D eigenvalue weighted by Crippen LogP contribution is -2.51. The summed E-state index contributed by atoms with van der Waals surface area (Å²) in [5, 5.41) is 3.22. The highest BCUT2D eigenvalue weighted by Crippen LogP contribution is 2.59. The van der Waals surface area contributed by atoms with Crippen LogP contribution in [0.5, 0.6) is 0 Å². The van der Waals surface area contributed by atoms with Crippen LogP contribution in [0.15, 0.2) is 24.3 Å². The third kappa shape index (κ3) is 3.89. The van der Waals surface area contributed by atoms with Crippen molar-refractivity contribution in [2.45, 2.75) is 45.1 Å². The first-order chi connectivity index (χ1) is 12.0. The molecular formula is C21H29FN2O. The lowest BCUT2D eigenvalue weighted by Gasteiger charge is -2.56. The van der Waals surface area contributed by atoms with Crippen molar-refractivity contribution in [1.29, 1.82) is 0 Å². The molecule has 1 aromatic carbocycles. The summed E-state index contributed by atoms with van der Waals surface area (Å²) >= 11 is 0. The number of nitrogens with one attached hydrogen (secondary N) is 1. The van der Waals surface area contributed by atoms with E-state index in [1.165, 1.54) is 50.7 Å². The zero-order valence-corrected chi connectivity index (χ0v) is 15.1. The SMILES string of the molecule is CN(CC(=O)NCC12CC3CC(CC(C3)C1)C2)Cc1ccc(F)cc1. The van der Waals surface area contributed by atoms with Crippen molar-refractivity contribution < 1.29 is 9.18 Å². The van der Waals surface area contributed by atoms with Gasteiger partial charge in [0.05, 0.1) is 6.54 Å². The molecule has 1 aromatic rings. The molecule has 136 valence electrons. The first kappa shape index (κ1) is 17.0. The highest BCUT2D eigenvalue weighted by atomic mass is 19.1. The molecule has 4 fully saturated rings. The van der Waals surface area contributed by atoms with E-state index in [0.29, 0.717) is 18.5 Å². The Morgan fingerprint density at radius 1 is 1.12 bits per heavy atom.